The molecule has 81 valence electrons. The monoisotopic (exact) mass is 250 g/mol. The predicted molar refractivity (Wildman–Crippen MR) is 62.1 cm³/mol. The summed E-state index contributed by atoms with van der Waals surface area (Å²) in [4.78, 5) is 2.31. The second-order valence-corrected chi connectivity index (χ2v) is 5.01. The molecule has 0 atom stereocenters. The van der Waals surface area contributed by atoms with Crippen molar-refractivity contribution in [1.82, 2.24) is 0 Å². The van der Waals surface area contributed by atoms with Crippen LogP contribution in [0.25, 0.3) is 10.4 Å². The molecule has 0 heterocycles. The van der Waals surface area contributed by atoms with Gasteiger partial charge in [0, 0.05) is 9.43 Å². The van der Waals surface area contributed by atoms with Gasteiger partial charge in [0.25, 0.3) is 10.0 Å². The average molecular weight is 250 g/mol. The van der Waals surface area contributed by atoms with Crippen molar-refractivity contribution in [2.24, 2.45) is 4.52 Å². The van der Waals surface area contributed by atoms with Crippen LogP contribution in [0.2, 0.25) is 0 Å². The SMILES string of the molecule is C=CCc1c([Si])cccc1S(=O)(=O)N=[N+]=[N-]. The Balaban J connectivity index is 3.50. The molecule has 0 fully saturated rings. The van der Waals surface area contributed by atoms with Crippen LogP contribution in [0, 0.1) is 0 Å². The van der Waals surface area contributed by atoms with Crippen LogP contribution in [-0.4, -0.2) is 18.7 Å². The maximum absolute atomic E-state index is 11.6. The molecule has 5 nitrogen and oxygen atoms in total. The standard InChI is InChI=1S/C9H8N3O2SSi/c1-2-4-7-8(5-3-6-9(7)16)15(13,14)12-11-10/h2-3,5-6H,1,4H2. The van der Waals surface area contributed by atoms with Crippen LogP contribution in [0.15, 0.2) is 40.3 Å². The number of hydrogen-bond donors (Lipinski definition) is 0. The molecule has 0 bridgehead atoms. The molecule has 0 N–H and O–H groups in total. The molecule has 1 aromatic rings. The van der Waals surface area contributed by atoms with E-state index in [1.807, 2.05) is 0 Å². The van der Waals surface area contributed by atoms with Crippen LogP contribution in [0.4, 0.5) is 0 Å². The van der Waals surface area contributed by atoms with Crippen LogP contribution in [0.5, 0.6) is 0 Å². The van der Waals surface area contributed by atoms with Gasteiger partial charge < -0.3 is 0 Å². The van der Waals surface area contributed by atoms with E-state index < -0.39 is 10.0 Å². The van der Waals surface area contributed by atoms with E-state index in [1.165, 1.54) is 6.07 Å². The van der Waals surface area contributed by atoms with Gasteiger partial charge in [0.2, 0.25) is 0 Å². The van der Waals surface area contributed by atoms with Crippen molar-refractivity contribution in [2.75, 3.05) is 0 Å². The van der Waals surface area contributed by atoms with E-state index in [9.17, 15) is 8.42 Å². The fourth-order valence-electron chi connectivity index (χ4n) is 1.25. The summed E-state index contributed by atoms with van der Waals surface area (Å²) in [5, 5.41) is 0.633. The topological polar surface area (TPSA) is 82.9 Å². The van der Waals surface area contributed by atoms with E-state index >= 15 is 0 Å². The molecule has 0 aromatic heterocycles. The van der Waals surface area contributed by atoms with Crippen molar-refractivity contribution >= 4 is 25.5 Å². The second-order valence-electron chi connectivity index (χ2n) is 2.92. The van der Waals surface area contributed by atoms with Crippen molar-refractivity contribution in [3.05, 3.63) is 46.9 Å². The molecular weight excluding hydrogens is 242 g/mol. The molecule has 0 amide bonds. The summed E-state index contributed by atoms with van der Waals surface area (Å²) in [6.45, 7) is 3.55. The van der Waals surface area contributed by atoms with Crippen LogP contribution >= 0.6 is 0 Å². The first kappa shape index (κ1) is 12.5. The van der Waals surface area contributed by atoms with E-state index in [0.717, 1.165) is 0 Å². The number of sulfonamides is 1. The highest BCUT2D eigenvalue weighted by Gasteiger charge is 2.17. The number of nitrogens with zero attached hydrogens (tertiary/aromatic N) is 3. The maximum Gasteiger partial charge on any atom is 0.264 e. The zero-order valence-electron chi connectivity index (χ0n) is 8.29. The molecule has 0 spiro atoms. The molecule has 16 heavy (non-hydrogen) atoms. The number of azide groups is 1. The summed E-state index contributed by atoms with van der Waals surface area (Å²) >= 11 is 0. The van der Waals surface area contributed by atoms with Crippen molar-refractivity contribution in [3.63, 3.8) is 0 Å². The van der Waals surface area contributed by atoms with Crippen LogP contribution in [-0.2, 0) is 16.4 Å². The lowest BCUT2D eigenvalue weighted by Gasteiger charge is -2.08. The highest BCUT2D eigenvalue weighted by Crippen LogP contribution is 2.17. The number of hydrogen-bond acceptors (Lipinski definition) is 2. The first-order valence-corrected chi connectivity index (χ1v) is 6.22. The summed E-state index contributed by atoms with van der Waals surface area (Å²) in [7, 11) is -0.658. The Hall–Kier alpha value is -1.56. The third kappa shape index (κ3) is 2.51. The molecule has 1 aromatic carbocycles. The summed E-state index contributed by atoms with van der Waals surface area (Å²) < 4.78 is 26.0. The summed E-state index contributed by atoms with van der Waals surface area (Å²) in [5.74, 6) is 0. The molecule has 3 radical (unpaired) electrons. The molecule has 0 aliphatic heterocycles. The number of rotatable bonds is 4. The van der Waals surface area contributed by atoms with Gasteiger partial charge in [-0.05, 0) is 23.6 Å². The lowest BCUT2D eigenvalue weighted by Crippen LogP contribution is -2.14. The average Bonchev–Trinajstić information content (AvgIpc) is 2.21. The molecule has 0 unspecified atom stereocenters. The maximum atomic E-state index is 11.6. The first-order chi connectivity index (χ1) is 7.53. The Kier molecular flexibility index (Phi) is 3.89. The minimum atomic E-state index is -3.96. The predicted octanol–water partition coefficient (Wildman–Crippen LogP) is 1.21. The molecule has 0 saturated carbocycles. The van der Waals surface area contributed by atoms with Crippen molar-refractivity contribution in [2.45, 2.75) is 11.3 Å². The third-order valence-corrected chi connectivity index (χ3v) is 3.60. The van der Waals surface area contributed by atoms with Crippen LogP contribution in [0.3, 0.4) is 0 Å². The summed E-state index contributed by atoms with van der Waals surface area (Å²) in [6, 6.07) is 4.67. The molecule has 0 aliphatic rings. The number of allylic oxidation sites excluding steroid dienone is 1. The van der Waals surface area contributed by atoms with Gasteiger partial charge in [-0.1, -0.05) is 23.4 Å². The van der Waals surface area contributed by atoms with E-state index in [1.54, 1.807) is 18.2 Å². The van der Waals surface area contributed by atoms with Crippen molar-refractivity contribution < 1.29 is 8.42 Å². The van der Waals surface area contributed by atoms with E-state index in [-0.39, 0.29) is 4.90 Å². The second kappa shape index (κ2) is 4.98. The molecule has 0 saturated heterocycles. The quantitative estimate of drug-likeness (QED) is 0.264. The fourth-order valence-corrected chi connectivity index (χ4v) is 2.62. The van der Waals surface area contributed by atoms with E-state index in [2.05, 4.69) is 26.3 Å². The highest BCUT2D eigenvalue weighted by molar-refractivity contribution is 7.90. The zero-order chi connectivity index (χ0) is 12.2. The third-order valence-electron chi connectivity index (χ3n) is 1.90. The van der Waals surface area contributed by atoms with Crippen molar-refractivity contribution in [1.29, 1.82) is 0 Å². The fraction of sp³-hybridized carbons (Fsp3) is 0.111. The van der Waals surface area contributed by atoms with E-state index in [0.29, 0.717) is 17.2 Å². The summed E-state index contributed by atoms with van der Waals surface area (Å²) in [5.41, 5.74) is 8.73. The number of benzene rings is 1. The summed E-state index contributed by atoms with van der Waals surface area (Å²) in [6.07, 6.45) is 1.95. The minimum Gasteiger partial charge on any atom is -0.216 e. The van der Waals surface area contributed by atoms with Gasteiger partial charge in [-0.2, -0.15) is 0 Å². The Morgan fingerprint density at radius 2 is 2.25 bits per heavy atom. The normalized spacial score (nSPS) is 10.6. The van der Waals surface area contributed by atoms with Gasteiger partial charge in [-0.15, -0.1) is 6.58 Å². The van der Waals surface area contributed by atoms with Crippen molar-refractivity contribution in [3.8, 4) is 0 Å². The Bertz CT molecular complexity index is 562. The highest BCUT2D eigenvalue weighted by atomic mass is 32.2. The van der Waals surface area contributed by atoms with Gasteiger partial charge >= 0.3 is 0 Å². The van der Waals surface area contributed by atoms with Gasteiger partial charge in [-0.25, -0.2) is 8.42 Å². The van der Waals surface area contributed by atoms with Crippen LogP contribution in [0.1, 0.15) is 5.56 Å². The Labute approximate surface area is 96.9 Å². The van der Waals surface area contributed by atoms with Gasteiger partial charge in [0.1, 0.15) is 0 Å². The smallest absolute Gasteiger partial charge is 0.216 e. The zero-order valence-corrected chi connectivity index (χ0v) is 10.1. The van der Waals surface area contributed by atoms with Gasteiger partial charge in [0.15, 0.2) is 0 Å². The molecule has 1 rings (SSSR count). The molecule has 7 heteroatoms. The Morgan fingerprint density at radius 3 is 2.81 bits per heavy atom. The van der Waals surface area contributed by atoms with E-state index in [4.69, 9.17) is 5.53 Å². The van der Waals surface area contributed by atoms with Crippen LogP contribution < -0.4 is 5.19 Å². The molecule has 0 aliphatic carbocycles. The lowest BCUT2D eigenvalue weighted by atomic mass is 10.1. The molecular formula is C9H8N3O2SSi. The van der Waals surface area contributed by atoms with Gasteiger partial charge in [0.05, 0.1) is 15.1 Å². The minimum absolute atomic E-state index is 0.00213. The largest absolute Gasteiger partial charge is 0.264 e. The first-order valence-electron chi connectivity index (χ1n) is 4.28. The lowest BCUT2D eigenvalue weighted by molar-refractivity contribution is 0.596. The van der Waals surface area contributed by atoms with Gasteiger partial charge in [-0.3, -0.25) is 0 Å². The Morgan fingerprint density at radius 1 is 1.56 bits per heavy atom.